The fourth-order valence-electron chi connectivity index (χ4n) is 2.69. The summed E-state index contributed by atoms with van der Waals surface area (Å²) in [7, 11) is 1.59. The molecular weight excluding hydrogens is 400 g/mol. The first-order valence-corrected chi connectivity index (χ1v) is 9.29. The van der Waals surface area contributed by atoms with E-state index >= 15 is 0 Å². The van der Waals surface area contributed by atoms with Crippen molar-refractivity contribution in [3.63, 3.8) is 0 Å². The van der Waals surface area contributed by atoms with Crippen molar-refractivity contribution in [1.29, 1.82) is 5.26 Å². The quantitative estimate of drug-likeness (QED) is 0.243. The van der Waals surface area contributed by atoms with E-state index in [2.05, 4.69) is 26.3 Å². The topological polar surface area (TPSA) is 156 Å². The van der Waals surface area contributed by atoms with Crippen molar-refractivity contribution in [2.24, 2.45) is 4.99 Å². The summed E-state index contributed by atoms with van der Waals surface area (Å²) in [5.41, 5.74) is 1.46. The average Bonchev–Trinajstić information content (AvgIpc) is 2.77. The van der Waals surface area contributed by atoms with Gasteiger partial charge in [-0.1, -0.05) is 36.4 Å². The van der Waals surface area contributed by atoms with Crippen molar-refractivity contribution in [3.8, 4) is 6.19 Å². The Balaban J connectivity index is 1.97. The number of nitriles is 1. The molecule has 2 amide bonds. The lowest BCUT2D eigenvalue weighted by Gasteiger charge is -2.17. The number of carbonyl (C=O) groups is 3. The molecule has 0 saturated heterocycles. The Hall–Kier alpha value is -4.39. The van der Waals surface area contributed by atoms with E-state index in [1.54, 1.807) is 61.8 Å². The maximum absolute atomic E-state index is 12.4. The SMILES string of the molecule is CN/C(=N\C#N)Nc1cccc(C(=O)NCC(=O)NC(CC(=O)O)c2ccccc2)c1. The summed E-state index contributed by atoms with van der Waals surface area (Å²) in [6.45, 7) is -0.322. The zero-order chi connectivity index (χ0) is 22.6. The maximum atomic E-state index is 12.4. The van der Waals surface area contributed by atoms with Crippen LogP contribution in [0.5, 0.6) is 0 Å². The van der Waals surface area contributed by atoms with E-state index in [-0.39, 0.29) is 24.5 Å². The summed E-state index contributed by atoms with van der Waals surface area (Å²) in [5, 5.41) is 28.4. The molecule has 2 aromatic rings. The summed E-state index contributed by atoms with van der Waals surface area (Å²) >= 11 is 0. The summed E-state index contributed by atoms with van der Waals surface area (Å²) < 4.78 is 0. The zero-order valence-electron chi connectivity index (χ0n) is 16.8. The number of amides is 2. The molecule has 0 aliphatic carbocycles. The number of carboxylic acid groups (broad SMARTS) is 1. The number of anilines is 1. The maximum Gasteiger partial charge on any atom is 0.305 e. The molecule has 10 nitrogen and oxygen atoms in total. The molecule has 160 valence electrons. The van der Waals surface area contributed by atoms with E-state index < -0.39 is 23.8 Å². The molecule has 0 aliphatic heterocycles. The van der Waals surface area contributed by atoms with Gasteiger partial charge in [-0.25, -0.2) is 0 Å². The van der Waals surface area contributed by atoms with E-state index in [0.29, 0.717) is 11.3 Å². The monoisotopic (exact) mass is 422 g/mol. The molecule has 0 bridgehead atoms. The van der Waals surface area contributed by atoms with Crippen molar-refractivity contribution < 1.29 is 19.5 Å². The lowest BCUT2D eigenvalue weighted by atomic mass is 10.0. The minimum atomic E-state index is -1.05. The highest BCUT2D eigenvalue weighted by atomic mass is 16.4. The number of rotatable bonds is 8. The molecule has 0 saturated carbocycles. The Morgan fingerprint density at radius 2 is 1.87 bits per heavy atom. The highest BCUT2D eigenvalue weighted by Gasteiger charge is 2.18. The van der Waals surface area contributed by atoms with Crippen LogP contribution in [0, 0.1) is 11.5 Å². The molecule has 10 heteroatoms. The number of nitrogens with one attached hydrogen (secondary N) is 4. The molecule has 5 N–H and O–H groups in total. The van der Waals surface area contributed by atoms with Gasteiger partial charge in [-0.05, 0) is 23.8 Å². The van der Waals surface area contributed by atoms with Crippen molar-refractivity contribution in [3.05, 3.63) is 65.7 Å². The first-order valence-electron chi connectivity index (χ1n) is 9.29. The number of aliphatic imine (C=N–C) groups is 1. The highest BCUT2D eigenvalue weighted by molar-refractivity contribution is 5.99. The molecule has 0 spiro atoms. The third-order valence-corrected chi connectivity index (χ3v) is 4.11. The van der Waals surface area contributed by atoms with Crippen LogP contribution in [-0.2, 0) is 9.59 Å². The highest BCUT2D eigenvalue weighted by Crippen LogP contribution is 2.16. The molecule has 31 heavy (non-hydrogen) atoms. The van der Waals surface area contributed by atoms with Crippen molar-refractivity contribution in [2.75, 3.05) is 18.9 Å². The lowest BCUT2D eigenvalue weighted by molar-refractivity contribution is -0.137. The van der Waals surface area contributed by atoms with Gasteiger partial charge in [0.15, 0.2) is 0 Å². The number of hydrogen-bond acceptors (Lipinski definition) is 5. The first-order chi connectivity index (χ1) is 14.9. The van der Waals surface area contributed by atoms with Crippen LogP contribution in [0.4, 0.5) is 5.69 Å². The van der Waals surface area contributed by atoms with Gasteiger partial charge in [-0.15, -0.1) is 4.99 Å². The number of aliphatic carboxylic acids is 1. The van der Waals surface area contributed by atoms with Crippen LogP contribution >= 0.6 is 0 Å². The second-order valence-electron chi connectivity index (χ2n) is 6.33. The molecule has 2 aromatic carbocycles. The van der Waals surface area contributed by atoms with Crippen LogP contribution in [-0.4, -0.2) is 42.4 Å². The van der Waals surface area contributed by atoms with Crippen molar-refractivity contribution in [2.45, 2.75) is 12.5 Å². The molecule has 2 rings (SSSR count). The Labute approximate surface area is 179 Å². The van der Waals surface area contributed by atoms with Gasteiger partial charge < -0.3 is 26.4 Å². The average molecular weight is 422 g/mol. The first kappa shape index (κ1) is 22.9. The summed E-state index contributed by atoms with van der Waals surface area (Å²) in [6, 6.07) is 14.4. The number of carboxylic acids is 1. The zero-order valence-corrected chi connectivity index (χ0v) is 16.8. The molecule has 1 atom stereocenters. The number of carbonyl (C=O) groups excluding carboxylic acids is 2. The van der Waals surface area contributed by atoms with Gasteiger partial charge >= 0.3 is 5.97 Å². The molecule has 0 aromatic heterocycles. The molecule has 0 radical (unpaired) electrons. The van der Waals surface area contributed by atoms with E-state index in [1.165, 1.54) is 6.07 Å². The Morgan fingerprint density at radius 3 is 2.52 bits per heavy atom. The van der Waals surface area contributed by atoms with Gasteiger partial charge in [0.25, 0.3) is 5.91 Å². The normalized spacial score (nSPS) is 11.5. The van der Waals surface area contributed by atoms with E-state index in [4.69, 9.17) is 10.4 Å². The van der Waals surface area contributed by atoms with Gasteiger partial charge in [-0.2, -0.15) is 5.26 Å². The molecule has 0 heterocycles. The minimum absolute atomic E-state index is 0.213. The second kappa shape index (κ2) is 11.6. The Morgan fingerprint density at radius 1 is 1.13 bits per heavy atom. The predicted molar refractivity (Wildman–Crippen MR) is 114 cm³/mol. The van der Waals surface area contributed by atoms with Gasteiger partial charge in [0.1, 0.15) is 0 Å². The fraction of sp³-hybridized carbons (Fsp3) is 0.190. The third-order valence-electron chi connectivity index (χ3n) is 4.11. The standard InChI is InChI=1S/C21H22N6O4/c1-23-21(25-13-22)26-16-9-5-8-15(10-16)20(31)24-12-18(28)27-17(11-19(29)30)14-6-3-2-4-7-14/h2-10,17H,11-12H2,1H3,(H,24,31)(H,27,28)(H,29,30)(H2,23,25,26). The molecular formula is C21H22N6O4. The lowest BCUT2D eigenvalue weighted by Crippen LogP contribution is -2.39. The van der Waals surface area contributed by atoms with Gasteiger partial charge in [0.05, 0.1) is 19.0 Å². The smallest absolute Gasteiger partial charge is 0.305 e. The van der Waals surface area contributed by atoms with E-state index in [0.717, 1.165) is 0 Å². The number of benzene rings is 2. The Kier molecular flexibility index (Phi) is 8.55. The molecule has 0 aliphatic rings. The minimum Gasteiger partial charge on any atom is -0.481 e. The van der Waals surface area contributed by atoms with Crippen molar-refractivity contribution >= 4 is 29.4 Å². The van der Waals surface area contributed by atoms with Gasteiger partial charge in [-0.3, -0.25) is 14.4 Å². The number of guanidine groups is 1. The number of nitrogens with zero attached hydrogens (tertiary/aromatic N) is 2. The van der Waals surface area contributed by atoms with E-state index in [1.807, 2.05) is 0 Å². The molecule has 1 unspecified atom stereocenters. The summed E-state index contributed by atoms with van der Waals surface area (Å²) in [4.78, 5) is 39.4. The van der Waals surface area contributed by atoms with Crippen LogP contribution < -0.4 is 21.3 Å². The van der Waals surface area contributed by atoms with Gasteiger partial charge in [0.2, 0.25) is 18.1 Å². The van der Waals surface area contributed by atoms with Crippen molar-refractivity contribution in [1.82, 2.24) is 16.0 Å². The largest absolute Gasteiger partial charge is 0.481 e. The van der Waals surface area contributed by atoms with Crippen LogP contribution in [0.2, 0.25) is 0 Å². The predicted octanol–water partition coefficient (Wildman–Crippen LogP) is 1.22. The molecule has 0 fully saturated rings. The van der Waals surface area contributed by atoms with Gasteiger partial charge in [0, 0.05) is 18.3 Å². The number of hydrogen-bond donors (Lipinski definition) is 5. The van der Waals surface area contributed by atoms with Crippen LogP contribution in [0.3, 0.4) is 0 Å². The third kappa shape index (κ3) is 7.51. The fourth-order valence-corrected chi connectivity index (χ4v) is 2.69. The van der Waals surface area contributed by atoms with Crippen LogP contribution in [0.25, 0.3) is 0 Å². The van der Waals surface area contributed by atoms with Crippen LogP contribution in [0.15, 0.2) is 59.6 Å². The van der Waals surface area contributed by atoms with Crippen LogP contribution in [0.1, 0.15) is 28.4 Å². The summed E-state index contributed by atoms with van der Waals surface area (Å²) in [6.07, 6.45) is 1.37. The van der Waals surface area contributed by atoms with E-state index in [9.17, 15) is 14.4 Å². The second-order valence-corrected chi connectivity index (χ2v) is 6.33. The summed E-state index contributed by atoms with van der Waals surface area (Å²) in [5.74, 6) is -1.85. The Bertz CT molecular complexity index is 1000.